The van der Waals surface area contributed by atoms with Crippen molar-refractivity contribution in [1.29, 1.82) is 0 Å². The van der Waals surface area contributed by atoms with E-state index in [1.165, 1.54) is 12.0 Å². The number of imide groups is 1. The second-order valence-corrected chi connectivity index (χ2v) is 8.45. The summed E-state index contributed by atoms with van der Waals surface area (Å²) in [5, 5.41) is 0.175. The predicted octanol–water partition coefficient (Wildman–Crippen LogP) is 5.20. The van der Waals surface area contributed by atoms with Gasteiger partial charge >= 0.3 is 0 Å². The van der Waals surface area contributed by atoms with Gasteiger partial charge in [-0.25, -0.2) is 0 Å². The van der Waals surface area contributed by atoms with E-state index in [1.54, 1.807) is 30.3 Å². The maximum absolute atomic E-state index is 12.8. The number of amides is 2. The quantitative estimate of drug-likeness (QED) is 0.287. The zero-order chi connectivity index (χ0) is 21.0. The van der Waals surface area contributed by atoms with Crippen molar-refractivity contribution >= 4 is 63.2 Å². The van der Waals surface area contributed by atoms with Gasteiger partial charge in [-0.2, -0.15) is 0 Å². The third kappa shape index (κ3) is 4.89. The number of rotatable bonds is 6. The van der Waals surface area contributed by atoms with E-state index in [4.69, 9.17) is 27.5 Å². The molecule has 8 heteroatoms. The van der Waals surface area contributed by atoms with Gasteiger partial charge in [0.1, 0.15) is 6.61 Å². The van der Waals surface area contributed by atoms with Crippen LogP contribution in [0.3, 0.4) is 0 Å². The molecule has 0 aliphatic carbocycles. The molecule has 1 aliphatic heterocycles. The van der Waals surface area contributed by atoms with Crippen LogP contribution in [0.15, 0.2) is 41.3 Å². The summed E-state index contributed by atoms with van der Waals surface area (Å²) >= 11 is 9.16. The molecule has 0 spiro atoms. The first-order valence-electron chi connectivity index (χ1n) is 8.37. The molecule has 5 nitrogen and oxygen atoms in total. The minimum Gasteiger partial charge on any atom is -0.493 e. The number of ether oxygens (including phenoxy) is 2. The van der Waals surface area contributed by atoms with E-state index in [-0.39, 0.29) is 24.3 Å². The number of nitrogens with zero attached hydrogens (tertiary/aromatic N) is 1. The average Bonchev–Trinajstić information content (AvgIpc) is 2.95. The van der Waals surface area contributed by atoms with Crippen LogP contribution < -0.4 is 9.47 Å². The summed E-state index contributed by atoms with van der Waals surface area (Å²) in [6.45, 7) is 0.244. The van der Waals surface area contributed by atoms with Crippen molar-refractivity contribution in [3.63, 3.8) is 0 Å². The molecule has 2 aromatic rings. The molecule has 1 saturated heterocycles. The average molecular weight is 540 g/mol. The highest BCUT2D eigenvalue weighted by molar-refractivity contribution is 14.1. The Balaban J connectivity index is 1.87. The molecule has 0 bridgehead atoms. The van der Waals surface area contributed by atoms with Crippen molar-refractivity contribution in [2.24, 2.45) is 0 Å². The fraction of sp³-hybridized carbons (Fsp3) is 0.143. The van der Waals surface area contributed by atoms with Gasteiger partial charge < -0.3 is 9.47 Å². The monoisotopic (exact) mass is 539 g/mol. The van der Waals surface area contributed by atoms with Gasteiger partial charge in [-0.05, 0) is 69.8 Å². The minimum absolute atomic E-state index is 0.118. The molecule has 2 aromatic carbocycles. The van der Waals surface area contributed by atoms with E-state index < -0.39 is 0 Å². The topological polar surface area (TPSA) is 55.8 Å². The number of benzene rings is 2. The lowest BCUT2D eigenvalue weighted by Gasteiger charge is -2.13. The smallest absolute Gasteiger partial charge is 0.293 e. The van der Waals surface area contributed by atoms with E-state index in [1.807, 2.05) is 12.1 Å². The van der Waals surface area contributed by atoms with Gasteiger partial charge in [0, 0.05) is 5.02 Å². The molecular formula is C21H15ClINO4S. The number of terminal acetylenes is 1. The molecular weight excluding hydrogens is 525 g/mol. The Morgan fingerprint density at radius 2 is 2.07 bits per heavy atom. The molecule has 1 aliphatic rings. The van der Waals surface area contributed by atoms with Crippen molar-refractivity contribution in [2.75, 3.05) is 13.7 Å². The first kappa shape index (κ1) is 21.6. The number of carbonyl (C=O) groups excluding carboxylic acids is 2. The number of hydrogen-bond donors (Lipinski definition) is 0. The third-order valence-corrected chi connectivity index (χ3v) is 6.09. The molecule has 0 aromatic heterocycles. The number of halogens is 2. The van der Waals surface area contributed by atoms with Gasteiger partial charge in [-0.1, -0.05) is 35.7 Å². The van der Waals surface area contributed by atoms with Crippen molar-refractivity contribution in [1.82, 2.24) is 4.90 Å². The summed E-state index contributed by atoms with van der Waals surface area (Å²) in [6.07, 6.45) is 6.91. The summed E-state index contributed by atoms with van der Waals surface area (Å²) in [5.41, 5.74) is 1.42. The standard InChI is InChI=1S/C21H15ClINO4S/c1-3-8-28-19-16(23)9-13(10-17(19)27-2)11-18-20(25)24(21(26)29-18)12-14-6-4-5-7-15(14)22/h1,4-7,9-11H,8,12H2,2H3/b18-11-. The summed E-state index contributed by atoms with van der Waals surface area (Å²) in [7, 11) is 1.52. The zero-order valence-corrected chi connectivity index (χ0v) is 19.0. The van der Waals surface area contributed by atoms with Crippen LogP contribution in [-0.4, -0.2) is 29.8 Å². The van der Waals surface area contributed by atoms with Crippen LogP contribution in [0.1, 0.15) is 11.1 Å². The normalized spacial score (nSPS) is 15.0. The molecule has 0 radical (unpaired) electrons. The maximum Gasteiger partial charge on any atom is 0.293 e. The molecule has 0 unspecified atom stereocenters. The minimum atomic E-state index is -0.360. The molecule has 0 atom stereocenters. The largest absolute Gasteiger partial charge is 0.493 e. The van der Waals surface area contributed by atoms with Crippen LogP contribution >= 0.6 is 46.0 Å². The molecule has 1 fully saturated rings. The van der Waals surface area contributed by atoms with Gasteiger partial charge in [0.2, 0.25) is 0 Å². The molecule has 3 rings (SSSR count). The Labute approximate surface area is 191 Å². The fourth-order valence-corrected chi connectivity index (χ4v) is 4.48. The molecule has 1 heterocycles. The predicted molar refractivity (Wildman–Crippen MR) is 123 cm³/mol. The summed E-state index contributed by atoms with van der Waals surface area (Å²) < 4.78 is 11.7. The number of methoxy groups -OCH3 is 1. The van der Waals surface area contributed by atoms with Crippen LogP contribution in [0.2, 0.25) is 5.02 Å². The van der Waals surface area contributed by atoms with Gasteiger partial charge in [0.25, 0.3) is 11.1 Å². The molecule has 0 N–H and O–H groups in total. The highest BCUT2D eigenvalue weighted by atomic mass is 127. The van der Waals surface area contributed by atoms with Crippen LogP contribution in [-0.2, 0) is 11.3 Å². The Bertz CT molecular complexity index is 1050. The third-order valence-electron chi connectivity index (χ3n) is 4.01. The second kappa shape index (κ2) is 9.57. The van der Waals surface area contributed by atoms with Crippen molar-refractivity contribution in [3.8, 4) is 23.8 Å². The summed E-state index contributed by atoms with van der Waals surface area (Å²) in [5.74, 6) is 3.09. The Kier molecular flexibility index (Phi) is 7.11. The molecule has 148 valence electrons. The lowest BCUT2D eigenvalue weighted by Crippen LogP contribution is -2.27. The Hall–Kier alpha value is -2.15. The highest BCUT2D eigenvalue weighted by Crippen LogP contribution is 2.38. The van der Waals surface area contributed by atoms with Gasteiger partial charge in [0.05, 0.1) is 22.1 Å². The SMILES string of the molecule is C#CCOc1c(I)cc(/C=C2\SC(=O)N(Cc3ccccc3Cl)C2=O)cc1OC. The number of carbonyl (C=O) groups is 2. The lowest BCUT2D eigenvalue weighted by atomic mass is 10.1. The zero-order valence-electron chi connectivity index (χ0n) is 15.3. The van der Waals surface area contributed by atoms with Crippen LogP contribution in [0, 0.1) is 15.9 Å². The van der Waals surface area contributed by atoms with Gasteiger partial charge in [0.15, 0.2) is 11.5 Å². The van der Waals surface area contributed by atoms with Crippen molar-refractivity contribution < 1.29 is 19.1 Å². The van der Waals surface area contributed by atoms with Gasteiger partial charge in [-0.15, -0.1) is 6.42 Å². The second-order valence-electron chi connectivity index (χ2n) is 5.89. The van der Waals surface area contributed by atoms with Crippen LogP contribution in [0.5, 0.6) is 11.5 Å². The van der Waals surface area contributed by atoms with Crippen LogP contribution in [0.25, 0.3) is 6.08 Å². The molecule has 2 amide bonds. The first-order valence-corrected chi connectivity index (χ1v) is 10.6. The number of thioether (sulfide) groups is 1. The molecule has 29 heavy (non-hydrogen) atoms. The van der Waals surface area contributed by atoms with E-state index in [0.717, 1.165) is 15.3 Å². The van der Waals surface area contributed by atoms with Crippen LogP contribution in [0.4, 0.5) is 4.79 Å². The Morgan fingerprint density at radius 1 is 1.31 bits per heavy atom. The Morgan fingerprint density at radius 3 is 2.76 bits per heavy atom. The van der Waals surface area contributed by atoms with Gasteiger partial charge in [-0.3, -0.25) is 14.5 Å². The fourth-order valence-electron chi connectivity index (χ4n) is 2.66. The summed E-state index contributed by atoms with van der Waals surface area (Å²) in [4.78, 5) is 26.7. The van der Waals surface area contributed by atoms with Crippen molar-refractivity contribution in [3.05, 3.63) is 61.0 Å². The molecule has 0 saturated carbocycles. The van der Waals surface area contributed by atoms with E-state index in [2.05, 4.69) is 28.5 Å². The van der Waals surface area contributed by atoms with E-state index in [0.29, 0.717) is 32.6 Å². The number of hydrogen-bond acceptors (Lipinski definition) is 5. The van der Waals surface area contributed by atoms with E-state index in [9.17, 15) is 9.59 Å². The highest BCUT2D eigenvalue weighted by Gasteiger charge is 2.35. The maximum atomic E-state index is 12.8. The lowest BCUT2D eigenvalue weighted by molar-refractivity contribution is -0.123. The van der Waals surface area contributed by atoms with Crippen molar-refractivity contribution in [2.45, 2.75) is 6.54 Å². The first-order chi connectivity index (χ1) is 13.9. The van der Waals surface area contributed by atoms with E-state index >= 15 is 0 Å². The summed E-state index contributed by atoms with van der Waals surface area (Å²) in [6, 6.07) is 10.7.